The van der Waals surface area contributed by atoms with Crippen molar-refractivity contribution in [2.24, 2.45) is 11.8 Å². The number of carbonyl (C=O) groups excluding carboxylic acids is 2. The van der Waals surface area contributed by atoms with Crippen molar-refractivity contribution in [3.05, 3.63) is 35.5 Å². The van der Waals surface area contributed by atoms with Crippen LogP contribution in [-0.4, -0.2) is 46.8 Å². The predicted octanol–water partition coefficient (Wildman–Crippen LogP) is 1.65. The maximum Gasteiger partial charge on any atom is 0.268 e. The fourth-order valence-corrected chi connectivity index (χ4v) is 4.38. The van der Waals surface area contributed by atoms with E-state index in [1.54, 1.807) is 24.3 Å². The molecule has 9 nitrogen and oxygen atoms in total. The molecule has 1 aliphatic carbocycles. The van der Waals surface area contributed by atoms with Gasteiger partial charge in [-0.1, -0.05) is 18.9 Å². The van der Waals surface area contributed by atoms with Gasteiger partial charge in [-0.3, -0.25) is 14.9 Å². The van der Waals surface area contributed by atoms with Crippen molar-refractivity contribution in [1.29, 1.82) is 10.5 Å². The Morgan fingerprint density at radius 3 is 2.67 bits per heavy atom. The number of hydrogen-bond donors (Lipinski definition) is 5. The summed E-state index contributed by atoms with van der Waals surface area (Å²) < 4.78 is 0. The molecule has 0 bridgehead atoms. The maximum absolute atomic E-state index is 13.0. The molecule has 2 heterocycles. The first kappa shape index (κ1) is 22.8. The van der Waals surface area contributed by atoms with Gasteiger partial charge in [0.15, 0.2) is 0 Å². The number of benzene rings is 1. The summed E-state index contributed by atoms with van der Waals surface area (Å²) in [7, 11) is 0. The molecule has 172 valence electrons. The molecule has 5 N–H and O–H groups in total. The van der Waals surface area contributed by atoms with Crippen LogP contribution in [0.3, 0.4) is 0 Å². The highest BCUT2D eigenvalue weighted by Crippen LogP contribution is 2.33. The molecule has 4 atom stereocenters. The summed E-state index contributed by atoms with van der Waals surface area (Å²) in [6.45, 7) is 0.738. The van der Waals surface area contributed by atoms with Crippen LogP contribution in [0.25, 0.3) is 10.9 Å². The van der Waals surface area contributed by atoms with E-state index in [9.17, 15) is 20.0 Å². The summed E-state index contributed by atoms with van der Waals surface area (Å²) in [5.74, 6) is -0.523. The number of fused-ring (bicyclic) bond motifs is 1. The molecule has 1 aromatic carbocycles. The summed E-state index contributed by atoms with van der Waals surface area (Å²) in [5, 5.41) is 38.1. The standard InChI is InChI=1S/C24H28N6O3/c25-12-15-5-6-16-11-21(29-19(16)9-15)24(33)30-20(8-14-3-4-14)23(32)28-18(13-26)10-17-2-1-7-27-22(17)31/h5-6,9,11,14,17-18,20,22,27,29,31H,1-4,7-8,10H2,(H,28,32)(H,30,33)/t17-,18-,20-,22?/m0/s1. The third-order valence-electron chi connectivity index (χ3n) is 6.45. The average Bonchev–Trinajstić information content (AvgIpc) is 3.53. The van der Waals surface area contributed by atoms with Crippen LogP contribution in [0, 0.1) is 34.5 Å². The van der Waals surface area contributed by atoms with E-state index in [1.807, 2.05) is 0 Å². The van der Waals surface area contributed by atoms with Crippen molar-refractivity contribution >= 4 is 22.7 Å². The lowest BCUT2D eigenvalue weighted by atomic mass is 9.91. The first-order chi connectivity index (χ1) is 16.0. The molecule has 1 unspecified atom stereocenters. The van der Waals surface area contributed by atoms with Gasteiger partial charge in [0.1, 0.15) is 24.0 Å². The molecule has 2 fully saturated rings. The second-order valence-corrected chi connectivity index (χ2v) is 9.03. The van der Waals surface area contributed by atoms with Crippen LogP contribution in [0.2, 0.25) is 0 Å². The average molecular weight is 449 g/mol. The molecule has 2 aromatic rings. The van der Waals surface area contributed by atoms with E-state index >= 15 is 0 Å². The molecule has 33 heavy (non-hydrogen) atoms. The first-order valence-corrected chi connectivity index (χ1v) is 11.4. The number of nitriles is 2. The van der Waals surface area contributed by atoms with Crippen molar-refractivity contribution < 1.29 is 14.7 Å². The number of rotatable bonds is 8. The third-order valence-corrected chi connectivity index (χ3v) is 6.45. The minimum Gasteiger partial charge on any atom is -0.378 e. The number of carbonyl (C=O) groups is 2. The number of H-pyrrole nitrogens is 1. The minimum atomic E-state index is -0.753. The molecule has 2 aliphatic rings. The highest BCUT2D eigenvalue weighted by atomic mass is 16.3. The van der Waals surface area contributed by atoms with Crippen molar-refractivity contribution in [3.63, 3.8) is 0 Å². The summed E-state index contributed by atoms with van der Waals surface area (Å²) in [4.78, 5) is 28.9. The highest BCUT2D eigenvalue weighted by Gasteiger charge is 2.33. The monoisotopic (exact) mass is 448 g/mol. The molecule has 0 spiro atoms. The van der Waals surface area contributed by atoms with Gasteiger partial charge in [-0.25, -0.2) is 0 Å². The molecule has 2 amide bonds. The Morgan fingerprint density at radius 1 is 1.15 bits per heavy atom. The third kappa shape index (κ3) is 5.70. The van der Waals surface area contributed by atoms with Gasteiger partial charge >= 0.3 is 0 Å². The van der Waals surface area contributed by atoms with Gasteiger partial charge in [-0.2, -0.15) is 10.5 Å². The molecule has 1 aliphatic heterocycles. The summed E-state index contributed by atoms with van der Waals surface area (Å²) in [6, 6.07) is 9.50. The van der Waals surface area contributed by atoms with Crippen LogP contribution in [-0.2, 0) is 4.79 Å². The number of nitrogens with zero attached hydrogens (tertiary/aromatic N) is 2. The van der Waals surface area contributed by atoms with E-state index in [1.165, 1.54) is 0 Å². The van der Waals surface area contributed by atoms with Gasteiger partial charge in [-0.05, 0) is 56.3 Å². The smallest absolute Gasteiger partial charge is 0.268 e. The Kier molecular flexibility index (Phi) is 6.93. The number of aromatic amines is 1. The van der Waals surface area contributed by atoms with Gasteiger partial charge < -0.3 is 20.7 Å². The van der Waals surface area contributed by atoms with E-state index in [2.05, 4.69) is 33.1 Å². The van der Waals surface area contributed by atoms with Crippen LogP contribution < -0.4 is 16.0 Å². The van der Waals surface area contributed by atoms with Gasteiger partial charge in [0, 0.05) is 16.8 Å². The van der Waals surface area contributed by atoms with E-state index in [-0.39, 0.29) is 11.8 Å². The van der Waals surface area contributed by atoms with Crippen LogP contribution in [0.5, 0.6) is 0 Å². The van der Waals surface area contributed by atoms with Gasteiger partial charge in [0.2, 0.25) is 5.91 Å². The quantitative estimate of drug-likeness (QED) is 0.414. The zero-order valence-corrected chi connectivity index (χ0v) is 18.3. The summed E-state index contributed by atoms with van der Waals surface area (Å²) in [6.07, 6.45) is 3.92. The molecular weight excluding hydrogens is 420 g/mol. The van der Waals surface area contributed by atoms with Crippen LogP contribution in [0.1, 0.15) is 54.6 Å². The Bertz CT molecular complexity index is 1110. The Labute approximate surface area is 192 Å². The van der Waals surface area contributed by atoms with Crippen molar-refractivity contribution in [2.45, 2.75) is 56.8 Å². The van der Waals surface area contributed by atoms with E-state index in [4.69, 9.17) is 5.26 Å². The van der Waals surface area contributed by atoms with Crippen molar-refractivity contribution in [3.8, 4) is 12.1 Å². The fourth-order valence-electron chi connectivity index (χ4n) is 4.38. The fraction of sp³-hybridized carbons (Fsp3) is 0.500. The van der Waals surface area contributed by atoms with Crippen LogP contribution in [0.15, 0.2) is 24.3 Å². The summed E-state index contributed by atoms with van der Waals surface area (Å²) in [5.41, 5.74) is 1.47. The molecule has 4 rings (SSSR count). The molecule has 0 radical (unpaired) electrons. The number of hydrogen-bond acceptors (Lipinski definition) is 6. The van der Waals surface area contributed by atoms with Crippen LogP contribution in [0.4, 0.5) is 0 Å². The van der Waals surface area contributed by atoms with Gasteiger partial charge in [-0.15, -0.1) is 0 Å². The van der Waals surface area contributed by atoms with E-state index < -0.39 is 24.2 Å². The van der Waals surface area contributed by atoms with Gasteiger partial charge in [0.25, 0.3) is 5.91 Å². The molecule has 1 saturated heterocycles. The Hall–Kier alpha value is -3.40. The highest BCUT2D eigenvalue weighted by molar-refractivity contribution is 6.00. The number of amides is 2. The summed E-state index contributed by atoms with van der Waals surface area (Å²) >= 11 is 0. The zero-order chi connectivity index (χ0) is 23.4. The lowest BCUT2D eigenvalue weighted by Gasteiger charge is -2.30. The number of nitrogens with one attached hydrogen (secondary N) is 4. The van der Waals surface area contributed by atoms with E-state index in [0.717, 1.165) is 37.6 Å². The van der Waals surface area contributed by atoms with Crippen molar-refractivity contribution in [1.82, 2.24) is 20.9 Å². The Morgan fingerprint density at radius 2 is 1.97 bits per heavy atom. The van der Waals surface area contributed by atoms with E-state index in [0.29, 0.717) is 35.5 Å². The Balaban J connectivity index is 1.42. The predicted molar refractivity (Wildman–Crippen MR) is 121 cm³/mol. The molecule has 9 heteroatoms. The minimum absolute atomic E-state index is 0.107. The number of aliphatic hydroxyl groups is 1. The van der Waals surface area contributed by atoms with Gasteiger partial charge in [0.05, 0.1) is 17.7 Å². The number of aromatic nitrogens is 1. The van der Waals surface area contributed by atoms with Crippen LogP contribution >= 0.6 is 0 Å². The second-order valence-electron chi connectivity index (χ2n) is 9.03. The lowest BCUT2D eigenvalue weighted by Crippen LogP contribution is -2.51. The normalized spacial score (nSPS) is 22.0. The number of aliphatic hydroxyl groups excluding tert-OH is 1. The molecule has 1 saturated carbocycles. The SMILES string of the molecule is N#Cc1ccc2cc(C(=O)N[C@@H](CC3CC3)C(=O)N[C@H](C#N)C[C@@H]3CCCNC3O)[nH]c2c1. The molecular formula is C24H28N6O3. The lowest BCUT2D eigenvalue weighted by molar-refractivity contribution is -0.123. The molecule has 1 aromatic heterocycles. The number of piperidine rings is 1. The maximum atomic E-state index is 13.0. The first-order valence-electron chi connectivity index (χ1n) is 11.4. The second kappa shape index (κ2) is 10.0. The topological polar surface area (TPSA) is 154 Å². The largest absolute Gasteiger partial charge is 0.378 e. The van der Waals surface area contributed by atoms with Crippen molar-refractivity contribution in [2.75, 3.05) is 6.54 Å². The zero-order valence-electron chi connectivity index (χ0n) is 18.3.